The Morgan fingerprint density at radius 1 is 1.30 bits per heavy atom. The van der Waals surface area contributed by atoms with Crippen molar-refractivity contribution in [1.29, 1.82) is 0 Å². The second-order valence-corrected chi connectivity index (χ2v) is 5.53. The van der Waals surface area contributed by atoms with Gasteiger partial charge in [-0.05, 0) is 30.9 Å². The average Bonchev–Trinajstić information content (AvgIpc) is 2.44. The van der Waals surface area contributed by atoms with E-state index in [4.69, 9.17) is 4.74 Å². The standard InChI is InChI=1S/C14H19F2N3O/c15-14(16)9-19(10-14)13-3-1-2-12(18-13)17-8-11-4-6-20-7-5-11/h1-3,11H,4-10H2,(H,17,18). The van der Waals surface area contributed by atoms with Crippen LogP contribution in [0.2, 0.25) is 0 Å². The van der Waals surface area contributed by atoms with Crippen molar-refractivity contribution < 1.29 is 13.5 Å². The number of hydrogen-bond donors (Lipinski definition) is 1. The molecule has 1 N–H and O–H groups in total. The Morgan fingerprint density at radius 2 is 2.05 bits per heavy atom. The molecule has 0 amide bonds. The molecule has 0 atom stereocenters. The van der Waals surface area contributed by atoms with Gasteiger partial charge in [-0.3, -0.25) is 0 Å². The molecule has 1 aromatic heterocycles. The van der Waals surface area contributed by atoms with Crippen LogP contribution in [0, 0.1) is 5.92 Å². The molecule has 0 bridgehead atoms. The van der Waals surface area contributed by atoms with Crippen molar-refractivity contribution in [2.75, 3.05) is 43.1 Å². The highest BCUT2D eigenvalue weighted by Crippen LogP contribution is 2.31. The Morgan fingerprint density at radius 3 is 2.75 bits per heavy atom. The lowest BCUT2D eigenvalue weighted by Crippen LogP contribution is -2.56. The topological polar surface area (TPSA) is 37.4 Å². The van der Waals surface area contributed by atoms with Gasteiger partial charge in [-0.25, -0.2) is 13.8 Å². The minimum absolute atomic E-state index is 0.233. The molecular formula is C14H19F2N3O. The summed E-state index contributed by atoms with van der Waals surface area (Å²) >= 11 is 0. The van der Waals surface area contributed by atoms with Crippen molar-refractivity contribution in [3.63, 3.8) is 0 Å². The van der Waals surface area contributed by atoms with E-state index in [-0.39, 0.29) is 13.1 Å². The SMILES string of the molecule is FC1(F)CN(c2cccc(NCC3CCOCC3)n2)C1. The predicted molar refractivity (Wildman–Crippen MR) is 73.4 cm³/mol. The van der Waals surface area contributed by atoms with Crippen molar-refractivity contribution in [1.82, 2.24) is 4.98 Å². The molecule has 2 saturated heterocycles. The first-order valence-corrected chi connectivity index (χ1v) is 7.04. The minimum Gasteiger partial charge on any atom is -0.381 e. The molecule has 0 aliphatic carbocycles. The Labute approximate surface area is 117 Å². The fourth-order valence-electron chi connectivity index (χ4n) is 2.57. The molecule has 20 heavy (non-hydrogen) atoms. The Hall–Kier alpha value is -1.43. The monoisotopic (exact) mass is 283 g/mol. The third-order valence-electron chi connectivity index (χ3n) is 3.82. The fraction of sp³-hybridized carbons (Fsp3) is 0.643. The molecule has 3 heterocycles. The Kier molecular flexibility index (Phi) is 3.74. The number of rotatable bonds is 4. The Bertz CT molecular complexity index is 455. The first kappa shape index (κ1) is 13.5. The van der Waals surface area contributed by atoms with Crippen LogP contribution in [0.4, 0.5) is 20.4 Å². The van der Waals surface area contributed by atoms with Gasteiger partial charge in [0.2, 0.25) is 0 Å². The lowest BCUT2D eigenvalue weighted by molar-refractivity contribution is -0.0266. The zero-order chi connectivity index (χ0) is 14.0. The number of alkyl halides is 2. The van der Waals surface area contributed by atoms with E-state index < -0.39 is 5.92 Å². The zero-order valence-electron chi connectivity index (χ0n) is 11.3. The van der Waals surface area contributed by atoms with Crippen LogP contribution >= 0.6 is 0 Å². The number of anilines is 2. The van der Waals surface area contributed by atoms with Crippen LogP contribution in [0.3, 0.4) is 0 Å². The molecule has 110 valence electrons. The van der Waals surface area contributed by atoms with Gasteiger partial charge in [0.1, 0.15) is 11.6 Å². The molecule has 0 radical (unpaired) electrons. The van der Waals surface area contributed by atoms with Gasteiger partial charge in [0.05, 0.1) is 13.1 Å². The van der Waals surface area contributed by atoms with Gasteiger partial charge in [-0.1, -0.05) is 6.07 Å². The molecule has 6 heteroatoms. The zero-order valence-corrected chi connectivity index (χ0v) is 11.3. The molecule has 0 spiro atoms. The second kappa shape index (κ2) is 5.52. The van der Waals surface area contributed by atoms with Crippen LogP contribution in [-0.4, -0.2) is 43.8 Å². The highest BCUT2D eigenvalue weighted by atomic mass is 19.3. The summed E-state index contributed by atoms with van der Waals surface area (Å²) in [7, 11) is 0. The lowest BCUT2D eigenvalue weighted by Gasteiger charge is -2.39. The summed E-state index contributed by atoms with van der Waals surface area (Å²) in [6, 6.07) is 5.50. The number of nitrogens with one attached hydrogen (secondary N) is 1. The van der Waals surface area contributed by atoms with Crippen molar-refractivity contribution in [3.8, 4) is 0 Å². The molecule has 0 saturated carbocycles. The third-order valence-corrected chi connectivity index (χ3v) is 3.82. The maximum Gasteiger partial charge on any atom is 0.282 e. The summed E-state index contributed by atoms with van der Waals surface area (Å²) in [5, 5.41) is 3.30. The molecule has 0 unspecified atom stereocenters. The number of pyridine rings is 1. The normalized spacial score (nSPS) is 22.4. The van der Waals surface area contributed by atoms with Gasteiger partial charge in [0.25, 0.3) is 5.92 Å². The van der Waals surface area contributed by atoms with Crippen LogP contribution < -0.4 is 10.2 Å². The van der Waals surface area contributed by atoms with E-state index in [9.17, 15) is 8.78 Å². The molecule has 0 aromatic carbocycles. The van der Waals surface area contributed by atoms with Crippen molar-refractivity contribution >= 4 is 11.6 Å². The highest BCUT2D eigenvalue weighted by Gasteiger charge is 2.44. The molecular weight excluding hydrogens is 264 g/mol. The van der Waals surface area contributed by atoms with Crippen LogP contribution in [0.5, 0.6) is 0 Å². The van der Waals surface area contributed by atoms with Gasteiger partial charge < -0.3 is 15.0 Å². The molecule has 1 aromatic rings. The van der Waals surface area contributed by atoms with Gasteiger partial charge in [-0.2, -0.15) is 0 Å². The largest absolute Gasteiger partial charge is 0.381 e. The smallest absolute Gasteiger partial charge is 0.282 e. The van der Waals surface area contributed by atoms with E-state index in [1.807, 2.05) is 12.1 Å². The number of halogens is 2. The van der Waals surface area contributed by atoms with Gasteiger partial charge in [0, 0.05) is 19.8 Å². The second-order valence-electron chi connectivity index (χ2n) is 5.53. The maximum absolute atomic E-state index is 12.9. The summed E-state index contributed by atoms with van der Waals surface area (Å²) in [6.45, 7) is 2.04. The lowest BCUT2D eigenvalue weighted by atomic mass is 10.0. The van der Waals surface area contributed by atoms with E-state index in [0.717, 1.165) is 38.4 Å². The highest BCUT2D eigenvalue weighted by molar-refractivity contribution is 5.49. The van der Waals surface area contributed by atoms with Gasteiger partial charge in [-0.15, -0.1) is 0 Å². The first-order valence-electron chi connectivity index (χ1n) is 7.04. The summed E-state index contributed by atoms with van der Waals surface area (Å²) < 4.78 is 31.1. The van der Waals surface area contributed by atoms with E-state index >= 15 is 0 Å². The van der Waals surface area contributed by atoms with Crippen LogP contribution in [0.1, 0.15) is 12.8 Å². The van der Waals surface area contributed by atoms with E-state index in [1.165, 1.54) is 0 Å². The number of hydrogen-bond acceptors (Lipinski definition) is 4. The molecule has 2 aliphatic heterocycles. The Balaban J connectivity index is 1.54. The molecule has 4 nitrogen and oxygen atoms in total. The van der Waals surface area contributed by atoms with E-state index in [2.05, 4.69) is 10.3 Å². The van der Waals surface area contributed by atoms with E-state index in [1.54, 1.807) is 11.0 Å². The van der Waals surface area contributed by atoms with Gasteiger partial charge in [0.15, 0.2) is 0 Å². The molecule has 2 fully saturated rings. The summed E-state index contributed by atoms with van der Waals surface area (Å²) in [5.74, 6) is -0.590. The third kappa shape index (κ3) is 3.17. The fourth-order valence-corrected chi connectivity index (χ4v) is 2.57. The van der Waals surface area contributed by atoms with Crippen LogP contribution in [-0.2, 0) is 4.74 Å². The summed E-state index contributed by atoms with van der Waals surface area (Å²) in [5.41, 5.74) is 0. The molecule has 3 rings (SSSR count). The predicted octanol–water partition coefficient (Wildman–Crippen LogP) is 2.38. The quantitative estimate of drug-likeness (QED) is 0.920. The van der Waals surface area contributed by atoms with Gasteiger partial charge >= 0.3 is 0 Å². The number of ether oxygens (including phenoxy) is 1. The number of nitrogens with zero attached hydrogens (tertiary/aromatic N) is 2. The van der Waals surface area contributed by atoms with Crippen LogP contribution in [0.15, 0.2) is 18.2 Å². The first-order chi connectivity index (χ1) is 9.62. The molecule has 2 aliphatic rings. The van der Waals surface area contributed by atoms with Crippen LogP contribution in [0.25, 0.3) is 0 Å². The van der Waals surface area contributed by atoms with Crippen molar-refractivity contribution in [2.24, 2.45) is 5.92 Å². The van der Waals surface area contributed by atoms with Crippen molar-refractivity contribution in [2.45, 2.75) is 18.8 Å². The number of aromatic nitrogens is 1. The van der Waals surface area contributed by atoms with E-state index in [0.29, 0.717) is 11.7 Å². The summed E-state index contributed by atoms with van der Waals surface area (Å²) in [6.07, 6.45) is 2.12. The maximum atomic E-state index is 12.9. The average molecular weight is 283 g/mol. The minimum atomic E-state index is -2.56. The summed E-state index contributed by atoms with van der Waals surface area (Å²) in [4.78, 5) is 5.99. The van der Waals surface area contributed by atoms with Crippen molar-refractivity contribution in [3.05, 3.63) is 18.2 Å².